The van der Waals surface area contributed by atoms with Gasteiger partial charge in [0.1, 0.15) is 6.33 Å². The van der Waals surface area contributed by atoms with Crippen molar-refractivity contribution in [3.8, 4) is 0 Å². The molecule has 2 aromatic rings. The number of rotatable bonds is 6. The average Bonchev–Trinajstić information content (AvgIpc) is 2.47. The van der Waals surface area contributed by atoms with Gasteiger partial charge in [-0.1, -0.05) is 24.3 Å². The average molecular weight is 285 g/mol. The molecule has 0 aliphatic carbocycles. The molecule has 7 heteroatoms. The molecule has 0 fully saturated rings. The lowest BCUT2D eigenvalue weighted by Gasteiger charge is -2.10. The van der Waals surface area contributed by atoms with Crippen LogP contribution in [0.2, 0.25) is 0 Å². The minimum atomic E-state index is -0.508. The van der Waals surface area contributed by atoms with Gasteiger partial charge in [-0.25, -0.2) is 9.97 Å². The largest absolute Gasteiger partial charge is 0.361 e. The van der Waals surface area contributed by atoms with Crippen molar-refractivity contribution in [3.05, 3.63) is 58.9 Å². The third-order valence-corrected chi connectivity index (χ3v) is 2.82. The molecular formula is C14H15N5O2. The van der Waals surface area contributed by atoms with Crippen LogP contribution >= 0.6 is 0 Å². The number of benzene rings is 1. The van der Waals surface area contributed by atoms with E-state index in [0.717, 1.165) is 11.3 Å². The second-order valence-electron chi connectivity index (χ2n) is 4.29. The summed E-state index contributed by atoms with van der Waals surface area (Å²) in [5, 5.41) is 17.1. The highest BCUT2D eigenvalue weighted by atomic mass is 16.6. The Hall–Kier alpha value is -2.96. The number of hydrogen-bond donors (Lipinski definition) is 2. The van der Waals surface area contributed by atoms with Crippen molar-refractivity contribution < 1.29 is 4.92 Å². The highest BCUT2D eigenvalue weighted by molar-refractivity contribution is 5.74. The Labute approximate surface area is 121 Å². The Morgan fingerprint density at radius 2 is 2.05 bits per heavy atom. The minimum absolute atomic E-state index is 0.149. The molecule has 0 bridgehead atoms. The number of nitrogens with one attached hydrogen (secondary N) is 2. The molecule has 0 saturated heterocycles. The van der Waals surface area contributed by atoms with Gasteiger partial charge in [-0.15, -0.1) is 6.58 Å². The van der Waals surface area contributed by atoms with Crippen molar-refractivity contribution >= 4 is 23.0 Å². The molecule has 7 nitrogen and oxygen atoms in total. The summed E-state index contributed by atoms with van der Waals surface area (Å²) in [6, 6.07) is 7.48. The fourth-order valence-electron chi connectivity index (χ4n) is 1.78. The normalized spacial score (nSPS) is 9.95. The maximum atomic E-state index is 11.3. The molecule has 108 valence electrons. The van der Waals surface area contributed by atoms with E-state index in [4.69, 9.17) is 0 Å². The van der Waals surface area contributed by atoms with Gasteiger partial charge in [0.25, 0.3) is 0 Å². The van der Waals surface area contributed by atoms with Gasteiger partial charge in [-0.3, -0.25) is 10.1 Å². The molecule has 0 unspecified atom stereocenters. The Balaban J connectivity index is 2.41. The maximum absolute atomic E-state index is 11.3. The molecule has 0 radical (unpaired) electrons. The van der Waals surface area contributed by atoms with Crippen LogP contribution < -0.4 is 10.6 Å². The van der Waals surface area contributed by atoms with Crippen molar-refractivity contribution in [1.29, 1.82) is 0 Å². The summed E-state index contributed by atoms with van der Waals surface area (Å²) in [6.07, 6.45) is 2.87. The van der Waals surface area contributed by atoms with Crippen LogP contribution in [0.3, 0.4) is 0 Å². The monoisotopic (exact) mass is 285 g/mol. The number of aryl methyl sites for hydroxylation is 1. The van der Waals surface area contributed by atoms with Gasteiger partial charge in [-0.2, -0.15) is 0 Å². The second kappa shape index (κ2) is 6.47. The predicted molar refractivity (Wildman–Crippen MR) is 81.8 cm³/mol. The van der Waals surface area contributed by atoms with Crippen LogP contribution in [0.4, 0.5) is 23.0 Å². The summed E-state index contributed by atoms with van der Waals surface area (Å²) in [4.78, 5) is 18.7. The third kappa shape index (κ3) is 3.33. The molecule has 0 aliphatic heterocycles. The summed E-state index contributed by atoms with van der Waals surface area (Å²) < 4.78 is 0. The number of hydrogen-bond acceptors (Lipinski definition) is 6. The molecule has 21 heavy (non-hydrogen) atoms. The van der Waals surface area contributed by atoms with E-state index < -0.39 is 4.92 Å². The van der Waals surface area contributed by atoms with Gasteiger partial charge in [0, 0.05) is 12.2 Å². The molecule has 1 aromatic carbocycles. The molecule has 2 rings (SSSR count). The zero-order valence-electron chi connectivity index (χ0n) is 11.5. The number of nitro groups is 1. The molecule has 0 atom stereocenters. The summed E-state index contributed by atoms with van der Waals surface area (Å²) in [5.41, 5.74) is 1.53. The zero-order chi connectivity index (χ0) is 15.2. The van der Waals surface area contributed by atoms with Crippen molar-refractivity contribution in [2.45, 2.75) is 6.92 Å². The molecule has 1 heterocycles. The standard InChI is InChI=1S/C14H15N5O2/c1-3-8-15-13-12(19(20)21)14(17-9-16-13)18-11-7-5-4-6-10(11)2/h3-7,9H,1,8H2,2H3,(H2,15,16,17,18). The summed E-state index contributed by atoms with van der Waals surface area (Å²) in [7, 11) is 0. The summed E-state index contributed by atoms with van der Waals surface area (Å²) in [5.74, 6) is 0.307. The van der Waals surface area contributed by atoms with E-state index in [1.165, 1.54) is 6.33 Å². The van der Waals surface area contributed by atoms with Gasteiger partial charge in [0.2, 0.25) is 11.6 Å². The molecule has 1 aromatic heterocycles. The van der Waals surface area contributed by atoms with Gasteiger partial charge in [0.15, 0.2) is 0 Å². The van der Waals surface area contributed by atoms with Gasteiger partial charge >= 0.3 is 5.69 Å². The van der Waals surface area contributed by atoms with E-state index >= 15 is 0 Å². The van der Waals surface area contributed by atoms with Crippen molar-refractivity contribution in [2.75, 3.05) is 17.2 Å². The van der Waals surface area contributed by atoms with Crippen LogP contribution in [0.5, 0.6) is 0 Å². The Morgan fingerprint density at radius 3 is 2.71 bits per heavy atom. The van der Waals surface area contributed by atoms with E-state index in [1.54, 1.807) is 6.08 Å². The van der Waals surface area contributed by atoms with Gasteiger partial charge < -0.3 is 10.6 Å². The van der Waals surface area contributed by atoms with Crippen LogP contribution in [0.1, 0.15) is 5.56 Å². The molecule has 0 amide bonds. The van der Waals surface area contributed by atoms with Gasteiger partial charge in [-0.05, 0) is 18.6 Å². The molecule has 0 saturated carbocycles. The van der Waals surface area contributed by atoms with Crippen LogP contribution in [0.15, 0.2) is 43.2 Å². The Morgan fingerprint density at radius 1 is 1.33 bits per heavy atom. The van der Waals surface area contributed by atoms with Crippen molar-refractivity contribution in [1.82, 2.24) is 9.97 Å². The molecular weight excluding hydrogens is 270 g/mol. The molecule has 0 spiro atoms. The minimum Gasteiger partial charge on any atom is -0.361 e. The van der Waals surface area contributed by atoms with E-state index in [-0.39, 0.29) is 17.3 Å². The van der Waals surface area contributed by atoms with E-state index in [9.17, 15) is 10.1 Å². The number of anilines is 3. The summed E-state index contributed by atoms with van der Waals surface area (Å²) >= 11 is 0. The maximum Gasteiger partial charge on any atom is 0.353 e. The van der Waals surface area contributed by atoms with Crippen molar-refractivity contribution in [2.24, 2.45) is 0 Å². The van der Waals surface area contributed by atoms with Crippen LogP contribution in [0, 0.1) is 17.0 Å². The molecule has 2 N–H and O–H groups in total. The first-order valence-corrected chi connectivity index (χ1v) is 6.30. The van der Waals surface area contributed by atoms with E-state index in [0.29, 0.717) is 6.54 Å². The second-order valence-corrected chi connectivity index (χ2v) is 4.29. The third-order valence-electron chi connectivity index (χ3n) is 2.82. The lowest BCUT2D eigenvalue weighted by atomic mass is 10.2. The summed E-state index contributed by atoms with van der Waals surface area (Å²) in [6.45, 7) is 5.85. The highest BCUT2D eigenvalue weighted by Gasteiger charge is 2.22. The Kier molecular flexibility index (Phi) is 4.45. The zero-order valence-corrected chi connectivity index (χ0v) is 11.5. The predicted octanol–water partition coefficient (Wildman–Crippen LogP) is 3.03. The Bertz CT molecular complexity index is 672. The van der Waals surface area contributed by atoms with Gasteiger partial charge in [0.05, 0.1) is 4.92 Å². The number of aromatic nitrogens is 2. The van der Waals surface area contributed by atoms with Crippen LogP contribution in [0.25, 0.3) is 0 Å². The first-order valence-electron chi connectivity index (χ1n) is 6.30. The lowest BCUT2D eigenvalue weighted by Crippen LogP contribution is -2.08. The number of nitrogens with zero attached hydrogens (tertiary/aromatic N) is 3. The van der Waals surface area contributed by atoms with Crippen LogP contribution in [-0.4, -0.2) is 21.4 Å². The first-order chi connectivity index (χ1) is 10.1. The van der Waals surface area contributed by atoms with E-state index in [2.05, 4.69) is 27.2 Å². The quantitative estimate of drug-likeness (QED) is 0.481. The SMILES string of the molecule is C=CCNc1ncnc(Nc2ccccc2C)c1[N+](=O)[O-]. The number of para-hydroxylation sites is 1. The fourth-order valence-corrected chi connectivity index (χ4v) is 1.78. The smallest absolute Gasteiger partial charge is 0.353 e. The van der Waals surface area contributed by atoms with Crippen LogP contribution in [-0.2, 0) is 0 Å². The van der Waals surface area contributed by atoms with Crippen molar-refractivity contribution in [3.63, 3.8) is 0 Å². The van der Waals surface area contributed by atoms with E-state index in [1.807, 2.05) is 31.2 Å². The lowest BCUT2D eigenvalue weighted by molar-refractivity contribution is -0.383. The molecule has 0 aliphatic rings. The topological polar surface area (TPSA) is 93.0 Å². The first kappa shape index (κ1) is 14.4. The fraction of sp³-hybridized carbons (Fsp3) is 0.143. The highest BCUT2D eigenvalue weighted by Crippen LogP contribution is 2.31.